The fourth-order valence-corrected chi connectivity index (χ4v) is 3.82. The van der Waals surface area contributed by atoms with E-state index in [1.54, 1.807) is 11.3 Å². The van der Waals surface area contributed by atoms with E-state index >= 15 is 0 Å². The number of thiophene rings is 1. The number of imide groups is 1. The van der Waals surface area contributed by atoms with Gasteiger partial charge in [-0.05, 0) is 55.1 Å². The van der Waals surface area contributed by atoms with Gasteiger partial charge in [0.25, 0.3) is 0 Å². The SMILES string of the molecule is CC(C)(C)[C@H]1CCCN(CC(=O)NC(=O)NCc2cccs2)CC1. The van der Waals surface area contributed by atoms with Gasteiger partial charge in [-0.1, -0.05) is 26.8 Å². The lowest BCUT2D eigenvalue weighted by Gasteiger charge is -2.29. The molecule has 6 heteroatoms. The number of hydrogen-bond donors (Lipinski definition) is 2. The summed E-state index contributed by atoms with van der Waals surface area (Å²) in [6, 6.07) is 3.47. The molecule has 1 atom stereocenters. The Labute approximate surface area is 148 Å². The van der Waals surface area contributed by atoms with E-state index in [4.69, 9.17) is 0 Å². The molecule has 24 heavy (non-hydrogen) atoms. The van der Waals surface area contributed by atoms with E-state index in [-0.39, 0.29) is 5.91 Å². The maximum Gasteiger partial charge on any atom is 0.321 e. The highest BCUT2D eigenvalue weighted by Crippen LogP contribution is 2.34. The largest absolute Gasteiger partial charge is 0.333 e. The molecular weight excluding hydrogens is 322 g/mol. The summed E-state index contributed by atoms with van der Waals surface area (Å²) in [5, 5.41) is 7.10. The molecule has 1 aliphatic heterocycles. The minimum absolute atomic E-state index is 0.229. The first-order valence-electron chi connectivity index (χ1n) is 8.67. The van der Waals surface area contributed by atoms with Crippen LogP contribution in [0.2, 0.25) is 0 Å². The fourth-order valence-electron chi connectivity index (χ4n) is 3.17. The van der Waals surface area contributed by atoms with Crippen LogP contribution in [-0.4, -0.2) is 36.5 Å². The van der Waals surface area contributed by atoms with Crippen molar-refractivity contribution in [3.63, 3.8) is 0 Å². The highest BCUT2D eigenvalue weighted by molar-refractivity contribution is 7.09. The molecule has 1 aromatic heterocycles. The zero-order valence-corrected chi connectivity index (χ0v) is 15.7. The number of likely N-dealkylation sites (tertiary alicyclic amines) is 1. The lowest BCUT2D eigenvalue weighted by molar-refractivity contribution is -0.121. The minimum Gasteiger partial charge on any atom is -0.333 e. The summed E-state index contributed by atoms with van der Waals surface area (Å²) in [7, 11) is 0. The number of amides is 3. The number of carbonyl (C=O) groups is 2. The van der Waals surface area contributed by atoms with E-state index in [2.05, 4.69) is 36.3 Å². The van der Waals surface area contributed by atoms with Gasteiger partial charge in [-0.15, -0.1) is 11.3 Å². The molecule has 0 bridgehead atoms. The average Bonchev–Trinajstić information content (AvgIpc) is 2.89. The van der Waals surface area contributed by atoms with Crippen LogP contribution in [0.3, 0.4) is 0 Å². The van der Waals surface area contributed by atoms with Crippen molar-refractivity contribution in [3.05, 3.63) is 22.4 Å². The van der Waals surface area contributed by atoms with Gasteiger partial charge in [0.05, 0.1) is 13.1 Å². The quantitative estimate of drug-likeness (QED) is 0.875. The van der Waals surface area contributed by atoms with Crippen molar-refractivity contribution in [2.75, 3.05) is 19.6 Å². The average molecular weight is 352 g/mol. The van der Waals surface area contributed by atoms with Crippen LogP contribution in [0.15, 0.2) is 17.5 Å². The molecule has 1 aromatic rings. The predicted octanol–water partition coefficient (Wildman–Crippen LogP) is 3.22. The number of carbonyl (C=O) groups excluding carboxylic acids is 2. The fraction of sp³-hybridized carbons (Fsp3) is 0.667. The predicted molar refractivity (Wildman–Crippen MR) is 97.9 cm³/mol. The molecule has 1 saturated heterocycles. The molecule has 134 valence electrons. The third-order valence-corrected chi connectivity index (χ3v) is 5.55. The molecule has 2 N–H and O–H groups in total. The second-order valence-corrected chi connectivity index (χ2v) is 8.61. The van der Waals surface area contributed by atoms with Gasteiger partial charge in [0.15, 0.2) is 0 Å². The van der Waals surface area contributed by atoms with Crippen LogP contribution in [0.5, 0.6) is 0 Å². The van der Waals surface area contributed by atoms with Gasteiger partial charge in [0.1, 0.15) is 0 Å². The molecule has 0 radical (unpaired) electrons. The molecule has 2 heterocycles. The van der Waals surface area contributed by atoms with Gasteiger partial charge in [-0.3, -0.25) is 15.0 Å². The van der Waals surface area contributed by atoms with Gasteiger partial charge in [0, 0.05) is 4.88 Å². The molecule has 2 rings (SSSR count). The molecule has 0 aliphatic carbocycles. The van der Waals surface area contributed by atoms with Gasteiger partial charge in [-0.2, -0.15) is 0 Å². The maximum atomic E-state index is 12.1. The van der Waals surface area contributed by atoms with Crippen molar-refractivity contribution < 1.29 is 9.59 Å². The van der Waals surface area contributed by atoms with Gasteiger partial charge in [-0.25, -0.2) is 4.79 Å². The summed E-state index contributed by atoms with van der Waals surface area (Å²) in [5.74, 6) is 0.465. The topological polar surface area (TPSA) is 61.4 Å². The van der Waals surface area contributed by atoms with Crippen molar-refractivity contribution in [2.24, 2.45) is 11.3 Å². The minimum atomic E-state index is -0.421. The zero-order chi connectivity index (χ0) is 17.6. The maximum absolute atomic E-state index is 12.1. The summed E-state index contributed by atoms with van der Waals surface area (Å²) in [6.07, 6.45) is 3.43. The van der Waals surface area contributed by atoms with E-state index in [1.165, 1.54) is 6.42 Å². The third-order valence-electron chi connectivity index (χ3n) is 4.67. The Morgan fingerprint density at radius 3 is 2.75 bits per heavy atom. The van der Waals surface area contributed by atoms with Crippen molar-refractivity contribution in [3.8, 4) is 0 Å². The summed E-state index contributed by atoms with van der Waals surface area (Å²) in [6.45, 7) is 9.47. The van der Waals surface area contributed by atoms with Gasteiger partial charge < -0.3 is 5.32 Å². The molecular formula is C18H29N3O2S. The first-order chi connectivity index (χ1) is 11.3. The van der Waals surface area contributed by atoms with Crippen molar-refractivity contribution in [1.29, 1.82) is 0 Å². The third kappa shape index (κ3) is 6.24. The Balaban J connectivity index is 1.70. The summed E-state index contributed by atoms with van der Waals surface area (Å²) < 4.78 is 0. The normalized spacial score (nSPS) is 19.5. The van der Waals surface area contributed by atoms with Crippen molar-refractivity contribution >= 4 is 23.3 Å². The summed E-state index contributed by atoms with van der Waals surface area (Å²) >= 11 is 1.58. The van der Waals surface area contributed by atoms with Crippen molar-refractivity contribution in [2.45, 2.75) is 46.6 Å². The lowest BCUT2D eigenvalue weighted by Crippen LogP contribution is -2.44. The van der Waals surface area contributed by atoms with Crippen LogP contribution in [-0.2, 0) is 11.3 Å². The van der Waals surface area contributed by atoms with Crippen LogP contribution in [0.1, 0.15) is 44.9 Å². The monoisotopic (exact) mass is 351 g/mol. The standard InChI is InChI=1S/C18H29N3O2S/c1-18(2,3)14-6-4-9-21(10-8-14)13-16(22)20-17(23)19-12-15-7-5-11-24-15/h5,7,11,14H,4,6,8-10,12-13H2,1-3H3,(H2,19,20,22,23)/t14-/m0/s1. The summed E-state index contributed by atoms with van der Waals surface area (Å²) in [4.78, 5) is 27.1. The van der Waals surface area contributed by atoms with E-state index < -0.39 is 6.03 Å². The molecule has 0 saturated carbocycles. The molecule has 0 aromatic carbocycles. The molecule has 0 unspecified atom stereocenters. The lowest BCUT2D eigenvalue weighted by atomic mass is 9.77. The Hall–Kier alpha value is -1.40. The molecule has 0 spiro atoms. The van der Waals surface area contributed by atoms with Gasteiger partial charge >= 0.3 is 6.03 Å². The molecule has 5 nitrogen and oxygen atoms in total. The van der Waals surface area contributed by atoms with Gasteiger partial charge in [0.2, 0.25) is 5.91 Å². The number of nitrogens with zero attached hydrogens (tertiary/aromatic N) is 1. The first kappa shape index (κ1) is 18.9. The second-order valence-electron chi connectivity index (χ2n) is 7.58. The first-order valence-corrected chi connectivity index (χ1v) is 9.55. The molecule has 1 aliphatic rings. The zero-order valence-electron chi connectivity index (χ0n) is 14.9. The highest BCUT2D eigenvalue weighted by Gasteiger charge is 2.27. The molecule has 1 fully saturated rings. The Bertz CT molecular complexity index is 537. The van der Waals surface area contributed by atoms with Crippen LogP contribution < -0.4 is 10.6 Å². The van der Waals surface area contributed by atoms with E-state index in [0.29, 0.717) is 24.4 Å². The van der Waals surface area contributed by atoms with Crippen molar-refractivity contribution in [1.82, 2.24) is 15.5 Å². The van der Waals surface area contributed by atoms with Crippen LogP contribution >= 0.6 is 11.3 Å². The highest BCUT2D eigenvalue weighted by atomic mass is 32.1. The van der Waals surface area contributed by atoms with E-state index in [0.717, 1.165) is 30.8 Å². The summed E-state index contributed by atoms with van der Waals surface area (Å²) in [5.41, 5.74) is 0.319. The van der Waals surface area contributed by atoms with E-state index in [9.17, 15) is 9.59 Å². The van der Waals surface area contributed by atoms with E-state index in [1.807, 2.05) is 17.5 Å². The molecule has 3 amide bonds. The number of nitrogens with one attached hydrogen (secondary N) is 2. The Morgan fingerprint density at radius 1 is 1.29 bits per heavy atom. The van der Waals surface area contributed by atoms with Crippen LogP contribution in [0, 0.1) is 11.3 Å². The number of urea groups is 1. The smallest absolute Gasteiger partial charge is 0.321 e. The number of hydrogen-bond acceptors (Lipinski definition) is 4. The second kappa shape index (κ2) is 8.62. The Kier molecular flexibility index (Phi) is 6.80. The van der Waals surface area contributed by atoms with Crippen LogP contribution in [0.25, 0.3) is 0 Å². The van der Waals surface area contributed by atoms with Crippen LogP contribution in [0.4, 0.5) is 4.79 Å². The number of rotatable bonds is 4. The Morgan fingerprint density at radius 2 is 2.08 bits per heavy atom.